The number of H-pyrrole nitrogens is 1. The van der Waals surface area contributed by atoms with Crippen molar-refractivity contribution in [3.63, 3.8) is 0 Å². The lowest BCUT2D eigenvalue weighted by Gasteiger charge is -2.26. The maximum Gasteiger partial charge on any atom is 0.374 e. The quantitative estimate of drug-likeness (QED) is 0.328. The number of anilines is 2. The van der Waals surface area contributed by atoms with Crippen molar-refractivity contribution < 1.29 is 23.9 Å². The molecule has 1 aromatic heterocycles. The standard InChI is InChI=1S/C32H38N6O5/c1-19(39)38(5)24-8-6-7-21(15-24)16-27(37-29(40)22-11-9-20(18-33)10-12-22)30(41)34-23-13-14-25-26(17-23)36-28(35-25)31(42)43-32(2,3)4/h6-8,13-15,17,20,22,27H,9-12,16H2,1-5H3,(H,34,41)(H,35,36)(H,37,40). The van der Waals surface area contributed by atoms with Gasteiger partial charge in [0, 0.05) is 43.6 Å². The third-order valence-corrected chi connectivity index (χ3v) is 7.47. The number of hydrogen-bond acceptors (Lipinski definition) is 7. The highest BCUT2D eigenvalue weighted by molar-refractivity contribution is 5.99. The summed E-state index contributed by atoms with van der Waals surface area (Å²) in [4.78, 5) is 60.1. The minimum absolute atomic E-state index is 0.0445. The average Bonchev–Trinajstić information content (AvgIpc) is 3.39. The molecule has 226 valence electrons. The SMILES string of the molecule is CC(=O)N(C)c1cccc(CC(NC(=O)C2CCC(C#N)CC2)C(=O)Nc2ccc3[nH]c(C(=O)OC(C)(C)C)nc3c2)c1. The van der Waals surface area contributed by atoms with E-state index in [0.29, 0.717) is 48.1 Å². The summed E-state index contributed by atoms with van der Waals surface area (Å²) >= 11 is 0. The van der Waals surface area contributed by atoms with Crippen LogP contribution in [0.5, 0.6) is 0 Å². The number of nitrogens with zero attached hydrogens (tertiary/aromatic N) is 3. The van der Waals surface area contributed by atoms with Gasteiger partial charge in [0.15, 0.2) is 0 Å². The van der Waals surface area contributed by atoms with Crippen molar-refractivity contribution in [3.05, 3.63) is 53.9 Å². The predicted molar refractivity (Wildman–Crippen MR) is 162 cm³/mol. The van der Waals surface area contributed by atoms with E-state index in [-0.39, 0.29) is 35.9 Å². The lowest BCUT2D eigenvalue weighted by Crippen LogP contribution is -2.47. The van der Waals surface area contributed by atoms with Gasteiger partial charge in [0.25, 0.3) is 0 Å². The van der Waals surface area contributed by atoms with Gasteiger partial charge in [-0.15, -0.1) is 0 Å². The van der Waals surface area contributed by atoms with E-state index in [1.54, 1.807) is 58.2 Å². The highest BCUT2D eigenvalue weighted by Crippen LogP contribution is 2.29. The largest absolute Gasteiger partial charge is 0.454 e. The number of hydrogen-bond donors (Lipinski definition) is 3. The van der Waals surface area contributed by atoms with Crippen molar-refractivity contribution >= 4 is 46.1 Å². The maximum absolute atomic E-state index is 13.6. The van der Waals surface area contributed by atoms with Gasteiger partial charge in [-0.3, -0.25) is 14.4 Å². The van der Waals surface area contributed by atoms with Crippen molar-refractivity contribution in [1.29, 1.82) is 5.26 Å². The second-order valence-corrected chi connectivity index (χ2v) is 12.0. The highest BCUT2D eigenvalue weighted by atomic mass is 16.6. The Morgan fingerprint density at radius 1 is 1.12 bits per heavy atom. The zero-order valence-electron chi connectivity index (χ0n) is 25.2. The molecule has 2 aromatic carbocycles. The number of fused-ring (bicyclic) bond motifs is 1. The zero-order chi connectivity index (χ0) is 31.3. The first-order chi connectivity index (χ1) is 20.3. The Morgan fingerprint density at radius 3 is 2.49 bits per heavy atom. The van der Waals surface area contributed by atoms with Crippen LogP contribution in [-0.4, -0.2) is 52.3 Å². The fourth-order valence-electron chi connectivity index (χ4n) is 5.03. The van der Waals surface area contributed by atoms with Crippen molar-refractivity contribution in [3.8, 4) is 6.07 Å². The summed E-state index contributed by atoms with van der Waals surface area (Å²) in [5.41, 5.74) is 2.28. The monoisotopic (exact) mass is 586 g/mol. The van der Waals surface area contributed by atoms with Crippen LogP contribution in [0, 0.1) is 23.2 Å². The molecule has 11 heteroatoms. The van der Waals surface area contributed by atoms with E-state index in [1.165, 1.54) is 11.8 Å². The molecule has 1 saturated carbocycles. The van der Waals surface area contributed by atoms with E-state index < -0.39 is 23.5 Å². The lowest BCUT2D eigenvalue weighted by atomic mass is 9.82. The molecule has 3 N–H and O–H groups in total. The number of nitriles is 1. The zero-order valence-corrected chi connectivity index (χ0v) is 25.2. The first-order valence-corrected chi connectivity index (χ1v) is 14.4. The number of imidazole rings is 1. The van der Waals surface area contributed by atoms with Gasteiger partial charge in [-0.25, -0.2) is 9.78 Å². The molecule has 0 aliphatic heterocycles. The molecule has 0 saturated heterocycles. The van der Waals surface area contributed by atoms with Crippen molar-refractivity contribution in [2.75, 3.05) is 17.3 Å². The van der Waals surface area contributed by atoms with Crippen LogP contribution in [0.15, 0.2) is 42.5 Å². The minimum atomic E-state index is -0.911. The molecule has 1 unspecified atom stereocenters. The molecule has 0 radical (unpaired) electrons. The molecular formula is C32H38N6O5. The molecule has 3 aromatic rings. The third kappa shape index (κ3) is 8.19. The number of carbonyl (C=O) groups excluding carboxylic acids is 4. The van der Waals surface area contributed by atoms with Crippen molar-refractivity contribution in [2.45, 2.75) is 71.4 Å². The number of rotatable bonds is 8. The van der Waals surface area contributed by atoms with Gasteiger partial charge < -0.3 is 25.3 Å². The molecule has 0 spiro atoms. The van der Waals surface area contributed by atoms with Crippen LogP contribution >= 0.6 is 0 Å². The van der Waals surface area contributed by atoms with Crippen molar-refractivity contribution in [2.24, 2.45) is 11.8 Å². The summed E-state index contributed by atoms with van der Waals surface area (Å²) in [5, 5.41) is 15.0. The van der Waals surface area contributed by atoms with Crippen LogP contribution < -0.4 is 15.5 Å². The fraction of sp³-hybridized carbons (Fsp3) is 0.438. The number of esters is 1. The summed E-state index contributed by atoms with van der Waals surface area (Å²) < 4.78 is 5.39. The summed E-state index contributed by atoms with van der Waals surface area (Å²) in [6, 6.07) is 13.7. The third-order valence-electron chi connectivity index (χ3n) is 7.47. The van der Waals surface area contributed by atoms with Crippen LogP contribution in [0.4, 0.5) is 11.4 Å². The molecule has 3 amide bonds. The van der Waals surface area contributed by atoms with Crippen LogP contribution in [0.25, 0.3) is 11.0 Å². The molecule has 4 rings (SSSR count). The van der Waals surface area contributed by atoms with Gasteiger partial charge in [0.2, 0.25) is 23.5 Å². The normalized spacial score (nSPS) is 17.4. The Bertz CT molecular complexity index is 1560. The first-order valence-electron chi connectivity index (χ1n) is 14.4. The molecule has 11 nitrogen and oxygen atoms in total. The van der Waals surface area contributed by atoms with Gasteiger partial charge in [-0.2, -0.15) is 5.26 Å². The highest BCUT2D eigenvalue weighted by Gasteiger charge is 2.30. The Labute approximate surface area is 251 Å². The lowest BCUT2D eigenvalue weighted by molar-refractivity contribution is -0.130. The summed E-state index contributed by atoms with van der Waals surface area (Å²) in [6.45, 7) is 6.78. The fourth-order valence-corrected chi connectivity index (χ4v) is 5.03. The molecule has 1 aliphatic rings. The number of nitrogens with one attached hydrogen (secondary N) is 3. The maximum atomic E-state index is 13.6. The minimum Gasteiger partial charge on any atom is -0.454 e. The Hall–Kier alpha value is -4.72. The number of carbonyl (C=O) groups is 4. The van der Waals surface area contributed by atoms with E-state index in [4.69, 9.17) is 4.74 Å². The first kappa shape index (κ1) is 31.2. The van der Waals surface area contributed by atoms with Crippen LogP contribution in [0.2, 0.25) is 0 Å². The molecule has 1 atom stereocenters. The number of aromatic amines is 1. The van der Waals surface area contributed by atoms with Crippen molar-refractivity contribution in [1.82, 2.24) is 15.3 Å². The Kier molecular flexibility index (Phi) is 9.49. The van der Waals surface area contributed by atoms with E-state index in [0.717, 1.165) is 5.56 Å². The molecule has 0 bridgehead atoms. The molecular weight excluding hydrogens is 548 g/mol. The summed E-state index contributed by atoms with van der Waals surface area (Å²) in [6.07, 6.45) is 2.68. The van der Waals surface area contributed by atoms with E-state index >= 15 is 0 Å². The smallest absolute Gasteiger partial charge is 0.374 e. The average molecular weight is 587 g/mol. The molecule has 1 fully saturated rings. The number of benzene rings is 2. The Balaban J connectivity index is 1.54. The van der Waals surface area contributed by atoms with Crippen LogP contribution in [0.3, 0.4) is 0 Å². The number of aromatic nitrogens is 2. The topological polar surface area (TPSA) is 157 Å². The number of ether oxygens (including phenoxy) is 1. The second kappa shape index (κ2) is 13.1. The molecule has 43 heavy (non-hydrogen) atoms. The van der Waals surface area contributed by atoms with E-state index in [9.17, 15) is 24.4 Å². The predicted octanol–water partition coefficient (Wildman–Crippen LogP) is 4.50. The van der Waals surface area contributed by atoms with Gasteiger partial charge in [-0.1, -0.05) is 12.1 Å². The van der Waals surface area contributed by atoms with E-state index in [2.05, 4.69) is 26.7 Å². The van der Waals surface area contributed by atoms with Gasteiger partial charge in [-0.05, 0) is 82.3 Å². The van der Waals surface area contributed by atoms with Crippen LogP contribution in [-0.2, 0) is 25.5 Å². The van der Waals surface area contributed by atoms with Gasteiger partial charge in [0.1, 0.15) is 11.6 Å². The van der Waals surface area contributed by atoms with Gasteiger partial charge >= 0.3 is 5.97 Å². The van der Waals surface area contributed by atoms with E-state index in [1.807, 2.05) is 12.1 Å². The molecule has 1 aliphatic carbocycles. The number of amides is 3. The second-order valence-electron chi connectivity index (χ2n) is 12.0. The molecule has 1 heterocycles. The van der Waals surface area contributed by atoms with Crippen LogP contribution in [0.1, 0.15) is 69.6 Å². The summed E-state index contributed by atoms with van der Waals surface area (Å²) in [7, 11) is 1.67. The Morgan fingerprint density at radius 2 is 1.84 bits per heavy atom. The summed E-state index contributed by atoms with van der Waals surface area (Å²) in [5.74, 6) is -1.63. The van der Waals surface area contributed by atoms with Gasteiger partial charge in [0.05, 0.1) is 17.1 Å².